The quantitative estimate of drug-likeness (QED) is 0.629. The predicted molar refractivity (Wildman–Crippen MR) is 103 cm³/mol. The van der Waals surface area contributed by atoms with Crippen LogP contribution in [0.25, 0.3) is 0 Å². The number of aromatic carboxylic acids is 1. The third-order valence-electron chi connectivity index (χ3n) is 4.88. The van der Waals surface area contributed by atoms with E-state index < -0.39 is 12.0 Å². The lowest BCUT2D eigenvalue weighted by Gasteiger charge is -2.22. The van der Waals surface area contributed by atoms with Crippen molar-refractivity contribution in [3.8, 4) is 11.5 Å². The minimum Gasteiger partial charge on any atom is -0.545 e. The van der Waals surface area contributed by atoms with E-state index >= 15 is 0 Å². The number of carboxylic acid groups (broad SMARTS) is 1. The summed E-state index contributed by atoms with van der Waals surface area (Å²) >= 11 is 0. The molecule has 0 spiro atoms. The topological polar surface area (TPSA) is 86.7 Å². The highest BCUT2D eigenvalue weighted by Crippen LogP contribution is 2.34. The first-order valence-electron chi connectivity index (χ1n) is 9.02. The summed E-state index contributed by atoms with van der Waals surface area (Å²) in [6.07, 6.45) is 0. The predicted octanol–water partition coefficient (Wildman–Crippen LogP) is 3.20. The minimum atomic E-state index is -1.27. The van der Waals surface area contributed by atoms with Gasteiger partial charge in [-0.05, 0) is 60.5 Å². The molecule has 6 heteroatoms. The van der Waals surface area contributed by atoms with Crippen molar-refractivity contribution in [1.29, 1.82) is 0 Å². The van der Waals surface area contributed by atoms with Gasteiger partial charge in [-0.25, -0.2) is 0 Å². The summed E-state index contributed by atoms with van der Waals surface area (Å²) in [5, 5.41) is 10.8. The Balaban J connectivity index is 1.59. The molecule has 6 nitrogen and oxygen atoms in total. The van der Waals surface area contributed by atoms with Crippen LogP contribution in [-0.4, -0.2) is 22.7 Å². The van der Waals surface area contributed by atoms with Crippen LogP contribution in [0.1, 0.15) is 49.6 Å². The fourth-order valence-corrected chi connectivity index (χ4v) is 3.33. The molecule has 1 aliphatic rings. The van der Waals surface area contributed by atoms with E-state index in [0.717, 1.165) is 5.56 Å². The summed E-state index contributed by atoms with van der Waals surface area (Å²) in [6, 6.07) is 19.4. The van der Waals surface area contributed by atoms with Crippen LogP contribution in [0.2, 0.25) is 0 Å². The van der Waals surface area contributed by atoms with E-state index in [1.54, 1.807) is 12.1 Å². The van der Waals surface area contributed by atoms with Crippen LogP contribution in [-0.2, 0) is 0 Å². The Kier molecular flexibility index (Phi) is 4.60. The molecule has 0 aromatic heterocycles. The van der Waals surface area contributed by atoms with Gasteiger partial charge in [-0.1, -0.05) is 30.3 Å². The number of fused-ring (bicyclic) bond motifs is 1. The monoisotopic (exact) mass is 386 g/mol. The Bertz CT molecular complexity index is 1110. The van der Waals surface area contributed by atoms with Gasteiger partial charge < -0.3 is 14.6 Å². The molecular formula is C23H16NO5-. The Hall–Kier alpha value is -3.93. The van der Waals surface area contributed by atoms with Gasteiger partial charge in [-0.15, -0.1) is 0 Å². The van der Waals surface area contributed by atoms with E-state index in [4.69, 9.17) is 4.74 Å². The second-order valence-electron chi connectivity index (χ2n) is 6.69. The minimum absolute atomic E-state index is 0.0395. The smallest absolute Gasteiger partial charge is 0.262 e. The molecule has 144 valence electrons. The summed E-state index contributed by atoms with van der Waals surface area (Å²) in [6.45, 7) is 1.81. The van der Waals surface area contributed by atoms with Gasteiger partial charge in [0, 0.05) is 0 Å². The molecular weight excluding hydrogens is 370 g/mol. The third kappa shape index (κ3) is 3.36. The average molecular weight is 386 g/mol. The summed E-state index contributed by atoms with van der Waals surface area (Å²) in [5.74, 6) is -1.21. The number of ether oxygens (including phenoxy) is 1. The average Bonchev–Trinajstić information content (AvgIpc) is 2.98. The zero-order valence-electron chi connectivity index (χ0n) is 15.5. The molecule has 0 aliphatic carbocycles. The Morgan fingerprint density at radius 2 is 1.48 bits per heavy atom. The summed E-state index contributed by atoms with van der Waals surface area (Å²) in [5.41, 5.74) is 1.52. The third-order valence-corrected chi connectivity index (χ3v) is 4.88. The molecule has 2 amide bonds. The number of rotatable bonds is 5. The zero-order valence-corrected chi connectivity index (χ0v) is 15.5. The highest BCUT2D eigenvalue weighted by Gasteiger charge is 2.39. The standard InChI is InChI=1S/C23H17NO5/c1-14(15-5-3-2-4-6-15)24-21(25)19-12-11-18(13-20(19)22(24)26)29-17-9-7-16(8-10-17)23(27)28/h2-14H,1H3,(H,27,28)/p-1. The summed E-state index contributed by atoms with van der Waals surface area (Å²) < 4.78 is 5.71. The van der Waals surface area contributed by atoms with Crippen molar-refractivity contribution in [2.75, 3.05) is 0 Å². The number of amides is 2. The first-order chi connectivity index (χ1) is 14.0. The first-order valence-corrected chi connectivity index (χ1v) is 9.02. The van der Waals surface area contributed by atoms with E-state index in [2.05, 4.69) is 0 Å². The second-order valence-corrected chi connectivity index (χ2v) is 6.69. The number of carbonyl (C=O) groups is 3. The number of hydrogen-bond donors (Lipinski definition) is 0. The van der Waals surface area contributed by atoms with Crippen LogP contribution in [0, 0.1) is 0 Å². The second kappa shape index (κ2) is 7.24. The molecule has 1 aliphatic heterocycles. The molecule has 1 atom stereocenters. The van der Waals surface area contributed by atoms with E-state index in [0.29, 0.717) is 17.1 Å². The number of carbonyl (C=O) groups excluding carboxylic acids is 3. The van der Waals surface area contributed by atoms with Gasteiger partial charge in [-0.3, -0.25) is 14.5 Å². The maximum Gasteiger partial charge on any atom is 0.262 e. The molecule has 29 heavy (non-hydrogen) atoms. The van der Waals surface area contributed by atoms with Crippen molar-refractivity contribution < 1.29 is 24.2 Å². The van der Waals surface area contributed by atoms with Gasteiger partial charge in [0.2, 0.25) is 0 Å². The molecule has 1 unspecified atom stereocenters. The lowest BCUT2D eigenvalue weighted by Crippen LogP contribution is -2.32. The Labute approximate surface area is 167 Å². The van der Waals surface area contributed by atoms with Crippen molar-refractivity contribution >= 4 is 17.8 Å². The largest absolute Gasteiger partial charge is 0.545 e. The van der Waals surface area contributed by atoms with Gasteiger partial charge in [0.05, 0.1) is 23.1 Å². The maximum absolute atomic E-state index is 12.9. The highest BCUT2D eigenvalue weighted by atomic mass is 16.5. The first kappa shape index (κ1) is 18.4. The normalized spacial score (nSPS) is 13.9. The number of nitrogens with zero attached hydrogens (tertiary/aromatic N) is 1. The highest BCUT2D eigenvalue weighted by molar-refractivity contribution is 6.21. The van der Waals surface area contributed by atoms with Crippen LogP contribution in [0.5, 0.6) is 11.5 Å². The number of carboxylic acids is 1. The van der Waals surface area contributed by atoms with Crippen molar-refractivity contribution in [2.45, 2.75) is 13.0 Å². The number of imide groups is 1. The molecule has 0 fully saturated rings. The molecule has 0 bridgehead atoms. The van der Waals surface area contributed by atoms with Crippen LogP contribution < -0.4 is 9.84 Å². The van der Waals surface area contributed by atoms with E-state index in [1.807, 2.05) is 37.3 Å². The lowest BCUT2D eigenvalue weighted by molar-refractivity contribution is -0.255. The van der Waals surface area contributed by atoms with Crippen LogP contribution >= 0.6 is 0 Å². The lowest BCUT2D eigenvalue weighted by atomic mass is 10.1. The molecule has 1 heterocycles. The van der Waals surface area contributed by atoms with E-state index in [9.17, 15) is 19.5 Å². The molecule has 4 rings (SSSR count). The molecule has 0 N–H and O–H groups in total. The number of hydrogen-bond acceptors (Lipinski definition) is 5. The van der Waals surface area contributed by atoms with Gasteiger partial charge in [0.1, 0.15) is 11.5 Å². The summed E-state index contributed by atoms with van der Waals surface area (Å²) in [4.78, 5) is 37.8. The van der Waals surface area contributed by atoms with Crippen molar-refractivity contribution in [3.05, 3.63) is 95.1 Å². The molecule has 0 saturated carbocycles. The molecule has 0 radical (unpaired) electrons. The van der Waals surface area contributed by atoms with Crippen molar-refractivity contribution in [1.82, 2.24) is 4.90 Å². The number of benzene rings is 3. The molecule has 3 aromatic carbocycles. The van der Waals surface area contributed by atoms with E-state index in [-0.39, 0.29) is 22.9 Å². The van der Waals surface area contributed by atoms with Crippen molar-refractivity contribution in [3.63, 3.8) is 0 Å². The van der Waals surface area contributed by atoms with Gasteiger partial charge in [0.25, 0.3) is 11.8 Å². The van der Waals surface area contributed by atoms with Crippen molar-refractivity contribution in [2.24, 2.45) is 0 Å². The SMILES string of the molecule is CC(c1ccccc1)N1C(=O)c2ccc(Oc3ccc(C(=O)[O-])cc3)cc2C1=O. The van der Waals surface area contributed by atoms with Gasteiger partial charge in [0.15, 0.2) is 0 Å². The van der Waals surface area contributed by atoms with Crippen LogP contribution in [0.3, 0.4) is 0 Å². The Morgan fingerprint density at radius 3 is 2.14 bits per heavy atom. The Morgan fingerprint density at radius 1 is 0.862 bits per heavy atom. The van der Waals surface area contributed by atoms with Gasteiger partial charge >= 0.3 is 0 Å². The fourth-order valence-electron chi connectivity index (χ4n) is 3.33. The van der Waals surface area contributed by atoms with Crippen LogP contribution in [0.4, 0.5) is 0 Å². The zero-order chi connectivity index (χ0) is 20.5. The molecule has 3 aromatic rings. The molecule has 0 saturated heterocycles. The van der Waals surface area contributed by atoms with Gasteiger partial charge in [-0.2, -0.15) is 0 Å². The fraction of sp³-hybridized carbons (Fsp3) is 0.0870. The van der Waals surface area contributed by atoms with E-state index in [1.165, 1.54) is 35.2 Å². The maximum atomic E-state index is 12.9. The van der Waals surface area contributed by atoms with Crippen LogP contribution in [0.15, 0.2) is 72.8 Å². The summed E-state index contributed by atoms with van der Waals surface area (Å²) in [7, 11) is 0.